The monoisotopic (exact) mass is 256 g/mol. The maximum atomic E-state index is 10.1. The zero-order valence-corrected chi connectivity index (χ0v) is 11.2. The van der Waals surface area contributed by atoms with Gasteiger partial charge in [0.15, 0.2) is 0 Å². The number of pyridine rings is 1. The molecular formula is C16H20N2O. The van der Waals surface area contributed by atoms with E-state index in [1.807, 2.05) is 61.8 Å². The van der Waals surface area contributed by atoms with Crippen molar-refractivity contribution < 1.29 is 5.11 Å². The van der Waals surface area contributed by atoms with Crippen LogP contribution in [0.3, 0.4) is 0 Å². The van der Waals surface area contributed by atoms with Gasteiger partial charge in [-0.3, -0.25) is 4.98 Å². The quantitative estimate of drug-likeness (QED) is 0.861. The second-order valence-corrected chi connectivity index (χ2v) is 4.76. The Labute approximate surface area is 114 Å². The molecule has 100 valence electrons. The van der Waals surface area contributed by atoms with E-state index in [1.165, 1.54) is 0 Å². The predicted octanol–water partition coefficient (Wildman–Crippen LogP) is 2.29. The van der Waals surface area contributed by atoms with Crippen molar-refractivity contribution in [1.29, 1.82) is 0 Å². The lowest BCUT2D eigenvalue weighted by Crippen LogP contribution is -2.26. The van der Waals surface area contributed by atoms with Crippen LogP contribution in [-0.4, -0.2) is 35.1 Å². The van der Waals surface area contributed by atoms with Crippen LogP contribution in [0.4, 0.5) is 0 Å². The minimum atomic E-state index is -0.435. The lowest BCUT2D eigenvalue weighted by atomic mass is 10.1. The van der Waals surface area contributed by atoms with Crippen molar-refractivity contribution in [2.24, 2.45) is 0 Å². The molecule has 1 aromatic carbocycles. The summed E-state index contributed by atoms with van der Waals surface area (Å²) in [5, 5.41) is 10.1. The van der Waals surface area contributed by atoms with Gasteiger partial charge in [-0.2, -0.15) is 0 Å². The van der Waals surface area contributed by atoms with Crippen molar-refractivity contribution in [3.05, 3.63) is 66.0 Å². The van der Waals surface area contributed by atoms with E-state index in [0.717, 1.165) is 24.2 Å². The van der Waals surface area contributed by atoms with Crippen LogP contribution in [0, 0.1) is 0 Å². The fourth-order valence-corrected chi connectivity index (χ4v) is 2.02. The van der Waals surface area contributed by atoms with Crippen molar-refractivity contribution in [3.8, 4) is 0 Å². The van der Waals surface area contributed by atoms with E-state index in [2.05, 4.69) is 9.88 Å². The van der Waals surface area contributed by atoms with Crippen molar-refractivity contribution in [1.82, 2.24) is 9.88 Å². The first-order chi connectivity index (χ1) is 9.25. The molecule has 2 aromatic rings. The predicted molar refractivity (Wildman–Crippen MR) is 76.8 cm³/mol. The molecule has 0 radical (unpaired) electrons. The number of hydrogen-bond donors (Lipinski definition) is 1. The van der Waals surface area contributed by atoms with Gasteiger partial charge in [0.25, 0.3) is 0 Å². The van der Waals surface area contributed by atoms with Crippen LogP contribution in [0.25, 0.3) is 0 Å². The van der Waals surface area contributed by atoms with Crippen LogP contribution in [0.5, 0.6) is 0 Å². The van der Waals surface area contributed by atoms with Gasteiger partial charge in [-0.25, -0.2) is 0 Å². The highest BCUT2D eigenvalue weighted by Gasteiger charge is 2.10. The number of hydrogen-bond acceptors (Lipinski definition) is 3. The van der Waals surface area contributed by atoms with Gasteiger partial charge in [-0.1, -0.05) is 36.4 Å². The van der Waals surface area contributed by atoms with Crippen molar-refractivity contribution in [2.45, 2.75) is 12.5 Å². The Morgan fingerprint density at radius 1 is 1.11 bits per heavy atom. The maximum absolute atomic E-state index is 10.1. The molecule has 0 amide bonds. The molecule has 0 aliphatic rings. The SMILES string of the molecule is CN(CCc1ccccn1)C[C@H](O)c1ccccc1. The van der Waals surface area contributed by atoms with Crippen LogP contribution in [-0.2, 0) is 6.42 Å². The van der Waals surface area contributed by atoms with E-state index in [9.17, 15) is 5.11 Å². The number of rotatable bonds is 6. The molecule has 0 unspecified atom stereocenters. The molecule has 1 aromatic heterocycles. The first-order valence-electron chi connectivity index (χ1n) is 6.57. The summed E-state index contributed by atoms with van der Waals surface area (Å²) in [6.45, 7) is 1.53. The Kier molecular flexibility index (Phi) is 5.07. The fraction of sp³-hybridized carbons (Fsp3) is 0.312. The third-order valence-corrected chi connectivity index (χ3v) is 3.14. The summed E-state index contributed by atoms with van der Waals surface area (Å²) >= 11 is 0. The zero-order chi connectivity index (χ0) is 13.5. The largest absolute Gasteiger partial charge is 0.387 e. The Balaban J connectivity index is 1.80. The molecule has 0 spiro atoms. The Morgan fingerprint density at radius 2 is 1.84 bits per heavy atom. The number of aliphatic hydroxyl groups excluding tert-OH is 1. The summed E-state index contributed by atoms with van der Waals surface area (Å²) in [6, 6.07) is 15.7. The van der Waals surface area contributed by atoms with E-state index in [-0.39, 0.29) is 0 Å². The molecular weight excluding hydrogens is 236 g/mol. The molecule has 0 aliphatic carbocycles. The average molecular weight is 256 g/mol. The van der Waals surface area contributed by atoms with Gasteiger partial charge in [-0.15, -0.1) is 0 Å². The fourth-order valence-electron chi connectivity index (χ4n) is 2.02. The van der Waals surface area contributed by atoms with E-state index in [4.69, 9.17) is 0 Å². The summed E-state index contributed by atoms with van der Waals surface area (Å²) in [5.41, 5.74) is 2.05. The first-order valence-corrected chi connectivity index (χ1v) is 6.57. The molecule has 0 fully saturated rings. The highest BCUT2D eigenvalue weighted by Crippen LogP contribution is 2.13. The molecule has 3 heteroatoms. The molecule has 0 saturated carbocycles. The summed E-state index contributed by atoms with van der Waals surface area (Å²) in [4.78, 5) is 6.43. The first kappa shape index (κ1) is 13.7. The molecule has 1 atom stereocenters. The van der Waals surface area contributed by atoms with E-state index in [1.54, 1.807) is 0 Å². The van der Waals surface area contributed by atoms with Gasteiger partial charge in [0.1, 0.15) is 0 Å². The third-order valence-electron chi connectivity index (χ3n) is 3.14. The van der Waals surface area contributed by atoms with Crippen molar-refractivity contribution in [3.63, 3.8) is 0 Å². The zero-order valence-electron chi connectivity index (χ0n) is 11.2. The van der Waals surface area contributed by atoms with Crippen molar-refractivity contribution >= 4 is 0 Å². The smallest absolute Gasteiger partial charge is 0.0916 e. The minimum absolute atomic E-state index is 0.435. The number of aliphatic hydroxyl groups is 1. The van der Waals surface area contributed by atoms with Gasteiger partial charge in [0.2, 0.25) is 0 Å². The molecule has 0 bridgehead atoms. The molecule has 1 N–H and O–H groups in total. The standard InChI is InChI=1S/C16H20N2O/c1-18(12-10-15-9-5-6-11-17-15)13-16(19)14-7-3-2-4-8-14/h2-9,11,16,19H,10,12-13H2,1H3/t16-/m0/s1. The number of likely N-dealkylation sites (N-methyl/N-ethyl adjacent to an activating group) is 1. The highest BCUT2D eigenvalue weighted by atomic mass is 16.3. The molecule has 19 heavy (non-hydrogen) atoms. The van der Waals surface area contributed by atoms with E-state index >= 15 is 0 Å². The third kappa shape index (κ3) is 4.47. The lowest BCUT2D eigenvalue weighted by Gasteiger charge is -2.20. The number of nitrogens with zero attached hydrogens (tertiary/aromatic N) is 2. The molecule has 2 rings (SSSR count). The molecule has 0 aliphatic heterocycles. The van der Waals surface area contributed by atoms with Crippen LogP contribution in [0.2, 0.25) is 0 Å². The molecule has 3 nitrogen and oxygen atoms in total. The number of benzene rings is 1. The highest BCUT2D eigenvalue weighted by molar-refractivity contribution is 5.17. The van der Waals surface area contributed by atoms with Crippen LogP contribution in [0.15, 0.2) is 54.7 Å². The van der Waals surface area contributed by atoms with Gasteiger partial charge in [0.05, 0.1) is 6.10 Å². The number of aromatic nitrogens is 1. The Morgan fingerprint density at radius 3 is 2.53 bits per heavy atom. The Bertz CT molecular complexity index is 473. The van der Waals surface area contributed by atoms with Gasteiger partial charge in [0, 0.05) is 31.4 Å². The van der Waals surface area contributed by atoms with Gasteiger partial charge >= 0.3 is 0 Å². The summed E-state index contributed by atoms with van der Waals surface area (Å²) in [5.74, 6) is 0. The van der Waals surface area contributed by atoms with E-state index < -0.39 is 6.10 Å². The van der Waals surface area contributed by atoms with Gasteiger partial charge in [-0.05, 0) is 24.7 Å². The van der Waals surface area contributed by atoms with Crippen molar-refractivity contribution in [2.75, 3.05) is 20.1 Å². The Hall–Kier alpha value is -1.71. The van der Waals surface area contributed by atoms with Crippen LogP contribution < -0.4 is 0 Å². The van der Waals surface area contributed by atoms with E-state index in [0.29, 0.717) is 6.54 Å². The van der Waals surface area contributed by atoms with Crippen LogP contribution in [0.1, 0.15) is 17.4 Å². The maximum Gasteiger partial charge on any atom is 0.0916 e. The molecule has 1 heterocycles. The summed E-state index contributed by atoms with van der Waals surface area (Å²) in [6.07, 6.45) is 2.28. The average Bonchev–Trinajstić information content (AvgIpc) is 2.47. The topological polar surface area (TPSA) is 36.4 Å². The normalized spacial score (nSPS) is 12.6. The summed E-state index contributed by atoms with van der Waals surface area (Å²) in [7, 11) is 2.02. The minimum Gasteiger partial charge on any atom is -0.387 e. The lowest BCUT2D eigenvalue weighted by molar-refractivity contribution is 0.127. The second kappa shape index (κ2) is 7.02. The van der Waals surface area contributed by atoms with Crippen LogP contribution >= 0.6 is 0 Å². The van der Waals surface area contributed by atoms with Gasteiger partial charge < -0.3 is 10.0 Å². The summed E-state index contributed by atoms with van der Waals surface area (Å²) < 4.78 is 0. The second-order valence-electron chi connectivity index (χ2n) is 4.76. The molecule has 0 saturated heterocycles.